The highest BCUT2D eigenvalue weighted by atomic mass is 16.2. The summed E-state index contributed by atoms with van der Waals surface area (Å²) in [7, 11) is 0. The molecule has 1 heterocycles. The van der Waals surface area contributed by atoms with Gasteiger partial charge in [0.2, 0.25) is 0 Å². The van der Waals surface area contributed by atoms with Gasteiger partial charge in [0.25, 0.3) is 5.91 Å². The fourth-order valence-corrected chi connectivity index (χ4v) is 2.21. The molecule has 1 amide bonds. The van der Waals surface area contributed by atoms with Crippen LogP contribution in [0.15, 0.2) is 24.3 Å². The molecule has 0 aliphatic carbocycles. The lowest BCUT2D eigenvalue weighted by Crippen LogP contribution is -2.35. The van der Waals surface area contributed by atoms with Crippen molar-refractivity contribution in [3.8, 4) is 0 Å². The molecule has 0 aromatic heterocycles. The molecule has 1 aliphatic heterocycles. The van der Waals surface area contributed by atoms with Crippen molar-refractivity contribution >= 4 is 5.91 Å². The van der Waals surface area contributed by atoms with Gasteiger partial charge in [-0.2, -0.15) is 0 Å². The maximum absolute atomic E-state index is 12.2. The summed E-state index contributed by atoms with van der Waals surface area (Å²) in [5.41, 5.74) is 7.63. The van der Waals surface area contributed by atoms with Crippen molar-refractivity contribution in [2.45, 2.75) is 32.2 Å². The molecule has 1 fully saturated rings. The Hall–Kier alpha value is -1.35. The van der Waals surface area contributed by atoms with E-state index in [4.69, 9.17) is 5.73 Å². The van der Waals surface area contributed by atoms with Gasteiger partial charge in [-0.1, -0.05) is 12.1 Å². The lowest BCUT2D eigenvalue weighted by Gasteiger charge is -2.26. The predicted molar refractivity (Wildman–Crippen MR) is 68.8 cm³/mol. The van der Waals surface area contributed by atoms with Crippen LogP contribution in [-0.2, 0) is 0 Å². The number of hydrogen-bond acceptors (Lipinski definition) is 2. The topological polar surface area (TPSA) is 46.3 Å². The van der Waals surface area contributed by atoms with Gasteiger partial charge in [0.05, 0.1) is 0 Å². The van der Waals surface area contributed by atoms with E-state index < -0.39 is 0 Å². The summed E-state index contributed by atoms with van der Waals surface area (Å²) in [6.07, 6.45) is 3.50. The van der Waals surface area contributed by atoms with Crippen molar-refractivity contribution in [1.82, 2.24) is 4.90 Å². The van der Waals surface area contributed by atoms with E-state index >= 15 is 0 Å². The molecule has 0 saturated carbocycles. The molecule has 92 valence electrons. The van der Waals surface area contributed by atoms with Crippen LogP contribution in [-0.4, -0.2) is 23.9 Å². The molecule has 1 saturated heterocycles. The molecule has 3 nitrogen and oxygen atoms in total. The lowest BCUT2D eigenvalue weighted by molar-refractivity contribution is 0.0724. The number of piperidine rings is 1. The monoisotopic (exact) mass is 232 g/mol. The first-order valence-electron chi connectivity index (χ1n) is 6.33. The third kappa shape index (κ3) is 2.86. The zero-order valence-electron chi connectivity index (χ0n) is 10.4. The molecular weight excluding hydrogens is 212 g/mol. The molecule has 1 aromatic carbocycles. The maximum atomic E-state index is 12.2. The number of nitrogens with zero attached hydrogens (tertiary/aromatic N) is 1. The summed E-state index contributed by atoms with van der Waals surface area (Å²) in [6.45, 7) is 3.74. The minimum Gasteiger partial charge on any atom is -0.339 e. The molecule has 0 bridgehead atoms. The molecule has 0 spiro atoms. The molecule has 0 radical (unpaired) electrons. The standard InChI is InChI=1S/C14H20N2O/c1-11(15)12-5-7-13(8-6-12)14(17)16-9-3-2-4-10-16/h5-8,11H,2-4,9-10,15H2,1H3. The van der Waals surface area contributed by atoms with Crippen LogP contribution in [0.3, 0.4) is 0 Å². The van der Waals surface area contributed by atoms with Crippen LogP contribution in [0.5, 0.6) is 0 Å². The molecule has 1 aliphatic rings. The second-order valence-corrected chi connectivity index (χ2v) is 4.76. The van der Waals surface area contributed by atoms with Gasteiger partial charge in [-0.05, 0) is 43.9 Å². The van der Waals surface area contributed by atoms with Crippen molar-refractivity contribution in [1.29, 1.82) is 0 Å². The smallest absolute Gasteiger partial charge is 0.253 e. The molecule has 2 rings (SSSR count). The Morgan fingerprint density at radius 3 is 2.29 bits per heavy atom. The van der Waals surface area contributed by atoms with Gasteiger partial charge < -0.3 is 10.6 Å². The van der Waals surface area contributed by atoms with Crippen LogP contribution in [0.4, 0.5) is 0 Å². The van der Waals surface area contributed by atoms with Crippen LogP contribution < -0.4 is 5.73 Å². The zero-order chi connectivity index (χ0) is 12.3. The first-order chi connectivity index (χ1) is 8.18. The predicted octanol–water partition coefficient (Wildman–Crippen LogP) is 2.33. The maximum Gasteiger partial charge on any atom is 0.253 e. The number of carbonyl (C=O) groups is 1. The molecule has 17 heavy (non-hydrogen) atoms. The summed E-state index contributed by atoms with van der Waals surface area (Å²) in [4.78, 5) is 14.1. The highest BCUT2D eigenvalue weighted by Crippen LogP contribution is 2.15. The number of amides is 1. The van der Waals surface area contributed by atoms with Gasteiger partial charge in [-0.3, -0.25) is 4.79 Å². The molecule has 3 heteroatoms. The SMILES string of the molecule is CC(N)c1ccc(C(=O)N2CCCCC2)cc1. The molecule has 1 aromatic rings. The normalized spacial score (nSPS) is 17.9. The van der Waals surface area contributed by atoms with Crippen molar-refractivity contribution < 1.29 is 4.79 Å². The highest BCUT2D eigenvalue weighted by Gasteiger charge is 2.17. The van der Waals surface area contributed by atoms with E-state index in [1.165, 1.54) is 6.42 Å². The van der Waals surface area contributed by atoms with E-state index in [0.29, 0.717) is 0 Å². The second-order valence-electron chi connectivity index (χ2n) is 4.76. The van der Waals surface area contributed by atoms with E-state index in [-0.39, 0.29) is 11.9 Å². The fraction of sp³-hybridized carbons (Fsp3) is 0.500. The molecular formula is C14H20N2O. The number of rotatable bonds is 2. The largest absolute Gasteiger partial charge is 0.339 e. The van der Waals surface area contributed by atoms with Crippen LogP contribution >= 0.6 is 0 Å². The van der Waals surface area contributed by atoms with Gasteiger partial charge in [0, 0.05) is 24.7 Å². The first kappa shape index (κ1) is 12.1. The zero-order valence-corrected chi connectivity index (χ0v) is 10.4. The van der Waals surface area contributed by atoms with E-state index in [0.717, 1.165) is 37.1 Å². The number of nitrogens with two attached hydrogens (primary N) is 1. The van der Waals surface area contributed by atoms with Crippen molar-refractivity contribution in [3.63, 3.8) is 0 Å². The lowest BCUT2D eigenvalue weighted by atomic mass is 10.0. The Balaban J connectivity index is 2.08. The quantitative estimate of drug-likeness (QED) is 0.850. The van der Waals surface area contributed by atoms with E-state index in [9.17, 15) is 4.79 Å². The minimum atomic E-state index is 0.0224. The van der Waals surface area contributed by atoms with E-state index in [1.807, 2.05) is 36.1 Å². The number of likely N-dealkylation sites (tertiary alicyclic amines) is 1. The number of carbonyl (C=O) groups excluding carboxylic acids is 1. The average Bonchev–Trinajstić information content (AvgIpc) is 2.39. The number of hydrogen-bond donors (Lipinski definition) is 1. The van der Waals surface area contributed by atoms with Crippen LogP contribution in [0.1, 0.15) is 48.1 Å². The summed E-state index contributed by atoms with van der Waals surface area (Å²) >= 11 is 0. The summed E-state index contributed by atoms with van der Waals surface area (Å²) in [5, 5.41) is 0. The molecule has 1 atom stereocenters. The first-order valence-corrected chi connectivity index (χ1v) is 6.33. The highest BCUT2D eigenvalue weighted by molar-refractivity contribution is 5.94. The summed E-state index contributed by atoms with van der Waals surface area (Å²) in [6, 6.07) is 7.68. The van der Waals surface area contributed by atoms with Gasteiger partial charge in [0.1, 0.15) is 0 Å². The van der Waals surface area contributed by atoms with Gasteiger partial charge >= 0.3 is 0 Å². The summed E-state index contributed by atoms with van der Waals surface area (Å²) in [5.74, 6) is 0.154. The van der Waals surface area contributed by atoms with Crippen molar-refractivity contribution in [3.05, 3.63) is 35.4 Å². The van der Waals surface area contributed by atoms with Gasteiger partial charge in [-0.15, -0.1) is 0 Å². The van der Waals surface area contributed by atoms with Crippen LogP contribution in [0.25, 0.3) is 0 Å². The molecule has 1 unspecified atom stereocenters. The number of benzene rings is 1. The Morgan fingerprint density at radius 2 is 1.76 bits per heavy atom. The second kappa shape index (κ2) is 5.32. The Kier molecular flexibility index (Phi) is 3.79. The van der Waals surface area contributed by atoms with E-state index in [1.54, 1.807) is 0 Å². The third-order valence-electron chi connectivity index (χ3n) is 3.33. The van der Waals surface area contributed by atoms with Crippen molar-refractivity contribution in [2.24, 2.45) is 5.73 Å². The van der Waals surface area contributed by atoms with Crippen LogP contribution in [0.2, 0.25) is 0 Å². The van der Waals surface area contributed by atoms with Gasteiger partial charge in [-0.25, -0.2) is 0 Å². The summed E-state index contributed by atoms with van der Waals surface area (Å²) < 4.78 is 0. The molecule has 2 N–H and O–H groups in total. The van der Waals surface area contributed by atoms with Crippen LogP contribution in [0, 0.1) is 0 Å². The average molecular weight is 232 g/mol. The third-order valence-corrected chi connectivity index (χ3v) is 3.33. The minimum absolute atomic E-state index is 0.0224. The van der Waals surface area contributed by atoms with Crippen molar-refractivity contribution in [2.75, 3.05) is 13.1 Å². The fourth-order valence-electron chi connectivity index (χ4n) is 2.21. The Labute approximate surface area is 103 Å². The van der Waals surface area contributed by atoms with E-state index in [2.05, 4.69) is 0 Å². The Morgan fingerprint density at radius 1 is 1.18 bits per heavy atom. The Bertz CT molecular complexity index is 378. The van der Waals surface area contributed by atoms with Gasteiger partial charge in [0.15, 0.2) is 0 Å².